The Kier molecular flexibility index (Phi) is 3.19. The first-order valence-corrected chi connectivity index (χ1v) is 5.90. The molecule has 0 aromatic carbocycles. The Morgan fingerprint density at radius 2 is 2.24 bits per heavy atom. The minimum Gasteiger partial charge on any atom is -0.438 e. The fourth-order valence-electron chi connectivity index (χ4n) is 2.39. The van der Waals surface area contributed by atoms with Crippen LogP contribution in [0.4, 0.5) is 0 Å². The summed E-state index contributed by atoms with van der Waals surface area (Å²) in [5.74, 6) is 0.0365. The van der Waals surface area contributed by atoms with Gasteiger partial charge in [-0.15, -0.1) is 0 Å². The second kappa shape index (κ2) is 4.49. The minimum atomic E-state index is -0.724. The van der Waals surface area contributed by atoms with Gasteiger partial charge in [-0.25, -0.2) is 4.98 Å². The number of carbonyl (C=O) groups excluding carboxylic acids is 1. The third kappa shape index (κ3) is 2.49. The van der Waals surface area contributed by atoms with Crippen LogP contribution in [0.25, 0.3) is 0 Å². The lowest BCUT2D eigenvalue weighted by molar-refractivity contribution is 0.0146. The van der Waals surface area contributed by atoms with Gasteiger partial charge in [0.2, 0.25) is 5.76 Å². The molecule has 0 radical (unpaired) electrons. The van der Waals surface area contributed by atoms with Crippen molar-refractivity contribution in [2.45, 2.75) is 38.2 Å². The van der Waals surface area contributed by atoms with Gasteiger partial charge in [0, 0.05) is 13.6 Å². The molecule has 1 N–H and O–H groups in total. The maximum Gasteiger partial charge on any atom is 0.291 e. The molecule has 0 bridgehead atoms. The van der Waals surface area contributed by atoms with E-state index in [-0.39, 0.29) is 11.7 Å². The smallest absolute Gasteiger partial charge is 0.291 e. The molecule has 17 heavy (non-hydrogen) atoms. The average molecular weight is 238 g/mol. The number of oxazole rings is 1. The van der Waals surface area contributed by atoms with Crippen molar-refractivity contribution in [2.24, 2.45) is 0 Å². The van der Waals surface area contributed by atoms with Crippen LogP contribution in [0.1, 0.15) is 41.9 Å². The molecule has 1 aromatic rings. The van der Waals surface area contributed by atoms with Crippen LogP contribution in [0.3, 0.4) is 0 Å². The van der Waals surface area contributed by atoms with Crippen molar-refractivity contribution in [3.8, 4) is 0 Å². The second-order valence-corrected chi connectivity index (χ2v) is 4.86. The van der Waals surface area contributed by atoms with Crippen molar-refractivity contribution in [1.82, 2.24) is 9.88 Å². The van der Waals surface area contributed by atoms with E-state index in [1.165, 1.54) is 11.3 Å². The summed E-state index contributed by atoms with van der Waals surface area (Å²) in [6.45, 7) is 2.08. The van der Waals surface area contributed by atoms with Crippen LogP contribution in [-0.2, 0) is 0 Å². The molecule has 94 valence electrons. The van der Waals surface area contributed by atoms with Crippen LogP contribution in [0, 0.1) is 6.92 Å². The molecule has 0 unspecified atom stereocenters. The van der Waals surface area contributed by atoms with E-state index in [1.54, 1.807) is 14.0 Å². The second-order valence-electron chi connectivity index (χ2n) is 4.86. The molecule has 1 amide bonds. The highest BCUT2D eigenvalue weighted by Crippen LogP contribution is 2.30. The Hall–Kier alpha value is -1.36. The maximum absolute atomic E-state index is 12.0. The van der Waals surface area contributed by atoms with Crippen molar-refractivity contribution in [3.63, 3.8) is 0 Å². The molecular formula is C12H18N2O3. The van der Waals surface area contributed by atoms with E-state index in [2.05, 4.69) is 4.98 Å². The third-order valence-corrected chi connectivity index (χ3v) is 3.35. The minimum absolute atomic E-state index is 0.222. The lowest BCUT2D eigenvalue weighted by atomic mass is 10.0. The van der Waals surface area contributed by atoms with Crippen LogP contribution in [0.5, 0.6) is 0 Å². The van der Waals surface area contributed by atoms with Crippen LogP contribution in [0.2, 0.25) is 0 Å². The summed E-state index contributed by atoms with van der Waals surface area (Å²) in [6, 6.07) is 0. The first-order valence-electron chi connectivity index (χ1n) is 5.90. The number of aromatic nitrogens is 1. The first kappa shape index (κ1) is 12.1. The molecule has 1 aromatic heterocycles. The van der Waals surface area contributed by atoms with Crippen LogP contribution < -0.4 is 0 Å². The number of hydrogen-bond donors (Lipinski definition) is 1. The van der Waals surface area contributed by atoms with Crippen molar-refractivity contribution < 1.29 is 14.3 Å². The van der Waals surface area contributed by atoms with E-state index in [9.17, 15) is 9.90 Å². The van der Waals surface area contributed by atoms with Gasteiger partial charge >= 0.3 is 0 Å². The summed E-state index contributed by atoms with van der Waals surface area (Å²) in [7, 11) is 1.68. The molecule has 5 nitrogen and oxygen atoms in total. The van der Waals surface area contributed by atoms with Gasteiger partial charge in [-0.2, -0.15) is 0 Å². The Bertz CT molecular complexity index is 408. The fraction of sp³-hybridized carbons (Fsp3) is 0.667. The molecule has 1 fully saturated rings. The normalized spacial score (nSPS) is 18.3. The first-order chi connectivity index (χ1) is 8.02. The summed E-state index contributed by atoms with van der Waals surface area (Å²) >= 11 is 0. The molecule has 0 spiro atoms. The van der Waals surface area contributed by atoms with E-state index < -0.39 is 5.60 Å². The maximum atomic E-state index is 12.0. The molecule has 2 rings (SSSR count). The molecule has 1 saturated carbocycles. The van der Waals surface area contributed by atoms with Gasteiger partial charge in [0.15, 0.2) is 6.39 Å². The van der Waals surface area contributed by atoms with Gasteiger partial charge in [0.25, 0.3) is 5.91 Å². The highest BCUT2D eigenvalue weighted by molar-refractivity contribution is 5.92. The van der Waals surface area contributed by atoms with Crippen LogP contribution in [-0.4, -0.2) is 40.1 Å². The highest BCUT2D eigenvalue weighted by Gasteiger charge is 2.34. The molecule has 1 aliphatic rings. The Morgan fingerprint density at radius 1 is 1.59 bits per heavy atom. The number of hydrogen-bond acceptors (Lipinski definition) is 4. The van der Waals surface area contributed by atoms with Crippen LogP contribution in [0.15, 0.2) is 10.8 Å². The monoisotopic (exact) mass is 238 g/mol. The number of aryl methyl sites for hydroxylation is 1. The van der Waals surface area contributed by atoms with Crippen molar-refractivity contribution in [2.75, 3.05) is 13.6 Å². The zero-order valence-electron chi connectivity index (χ0n) is 10.3. The van der Waals surface area contributed by atoms with E-state index in [0.29, 0.717) is 12.2 Å². The van der Waals surface area contributed by atoms with Crippen molar-refractivity contribution >= 4 is 5.91 Å². The molecular weight excluding hydrogens is 220 g/mol. The zero-order valence-corrected chi connectivity index (χ0v) is 10.3. The Balaban J connectivity index is 2.03. The summed E-state index contributed by atoms with van der Waals surface area (Å²) < 4.78 is 5.06. The molecule has 1 aliphatic carbocycles. The van der Waals surface area contributed by atoms with Crippen LogP contribution >= 0.6 is 0 Å². The standard InChI is InChI=1S/C12H18N2O3/c1-9-10(17-8-13-9)11(15)14(2)7-12(16)5-3-4-6-12/h8,16H,3-7H2,1-2H3. The number of rotatable bonds is 3. The predicted octanol–water partition coefficient (Wildman–Crippen LogP) is 1.36. The van der Waals surface area contributed by atoms with E-state index in [0.717, 1.165) is 25.7 Å². The predicted molar refractivity (Wildman–Crippen MR) is 61.6 cm³/mol. The molecule has 0 saturated heterocycles. The molecule has 0 atom stereocenters. The van der Waals surface area contributed by atoms with Gasteiger partial charge in [-0.05, 0) is 19.8 Å². The Morgan fingerprint density at radius 3 is 2.76 bits per heavy atom. The number of carbonyl (C=O) groups is 1. The van der Waals surface area contributed by atoms with Crippen molar-refractivity contribution in [3.05, 3.63) is 17.8 Å². The fourth-order valence-corrected chi connectivity index (χ4v) is 2.39. The van der Waals surface area contributed by atoms with E-state index in [1.807, 2.05) is 0 Å². The highest BCUT2D eigenvalue weighted by atomic mass is 16.4. The Labute approximate surface area is 100 Å². The summed E-state index contributed by atoms with van der Waals surface area (Å²) in [4.78, 5) is 17.4. The molecule has 0 aliphatic heterocycles. The van der Waals surface area contributed by atoms with Gasteiger partial charge < -0.3 is 14.4 Å². The lowest BCUT2D eigenvalue weighted by Crippen LogP contribution is -2.42. The summed E-state index contributed by atoms with van der Waals surface area (Å²) in [5, 5.41) is 10.2. The quantitative estimate of drug-likeness (QED) is 0.863. The van der Waals surface area contributed by atoms with Gasteiger partial charge in [0.1, 0.15) is 0 Å². The van der Waals surface area contributed by atoms with Gasteiger partial charge in [-0.3, -0.25) is 4.79 Å². The summed E-state index contributed by atoms with van der Waals surface area (Å²) in [6.07, 6.45) is 4.85. The number of likely N-dealkylation sites (N-methyl/N-ethyl adjacent to an activating group) is 1. The van der Waals surface area contributed by atoms with Gasteiger partial charge in [-0.1, -0.05) is 12.8 Å². The average Bonchev–Trinajstić information content (AvgIpc) is 2.86. The lowest BCUT2D eigenvalue weighted by Gasteiger charge is -2.28. The summed E-state index contributed by atoms with van der Waals surface area (Å²) in [5.41, 5.74) is -0.140. The van der Waals surface area contributed by atoms with E-state index >= 15 is 0 Å². The molecule has 1 heterocycles. The van der Waals surface area contributed by atoms with Crippen molar-refractivity contribution in [1.29, 1.82) is 0 Å². The SMILES string of the molecule is Cc1ncoc1C(=O)N(C)CC1(O)CCCC1. The number of aliphatic hydroxyl groups is 1. The van der Waals surface area contributed by atoms with Gasteiger partial charge in [0.05, 0.1) is 11.3 Å². The number of amides is 1. The topological polar surface area (TPSA) is 66.6 Å². The van der Waals surface area contributed by atoms with E-state index in [4.69, 9.17) is 4.42 Å². The zero-order chi connectivity index (χ0) is 12.5. The number of nitrogens with zero attached hydrogens (tertiary/aromatic N) is 2. The third-order valence-electron chi connectivity index (χ3n) is 3.35. The molecule has 5 heteroatoms. The largest absolute Gasteiger partial charge is 0.438 e.